The normalized spacial score (nSPS) is 11.3. The van der Waals surface area contributed by atoms with Crippen LogP contribution >= 0.6 is 0 Å². The van der Waals surface area contributed by atoms with Crippen molar-refractivity contribution in [3.63, 3.8) is 0 Å². The number of anilines is 2. The number of amides is 3. The molecule has 7 nitrogen and oxygen atoms in total. The summed E-state index contributed by atoms with van der Waals surface area (Å²) in [5.74, 6) is -1.69. The lowest BCUT2D eigenvalue weighted by molar-refractivity contribution is -0.136. The minimum absolute atomic E-state index is 0.237. The van der Waals surface area contributed by atoms with Gasteiger partial charge in [0.2, 0.25) is 0 Å². The highest BCUT2D eigenvalue weighted by atomic mass is 16.2. The van der Waals surface area contributed by atoms with Crippen LogP contribution in [-0.2, 0) is 9.59 Å². The molecule has 30 heavy (non-hydrogen) atoms. The Morgan fingerprint density at radius 1 is 0.767 bits per heavy atom. The molecular formula is C23H22N4O3. The molecule has 0 radical (unpaired) electrons. The zero-order valence-electron chi connectivity index (χ0n) is 16.7. The van der Waals surface area contributed by atoms with Gasteiger partial charge in [-0.25, -0.2) is 0 Å². The summed E-state index contributed by atoms with van der Waals surface area (Å²) < 4.78 is 0. The summed E-state index contributed by atoms with van der Waals surface area (Å²) in [4.78, 5) is 40.3. The van der Waals surface area contributed by atoms with E-state index in [1.54, 1.807) is 67.8 Å². The first-order valence-electron chi connectivity index (χ1n) is 9.42. The average molecular weight is 402 g/mol. The summed E-state index contributed by atoms with van der Waals surface area (Å²) in [6.45, 7) is 3.72. The van der Waals surface area contributed by atoms with Gasteiger partial charge in [0.15, 0.2) is 0 Å². The molecule has 3 N–H and O–H groups in total. The van der Waals surface area contributed by atoms with Gasteiger partial charge in [0, 0.05) is 29.3 Å². The molecule has 3 aromatic rings. The molecule has 0 fully saturated rings. The van der Waals surface area contributed by atoms with Gasteiger partial charge in [-0.15, -0.1) is 0 Å². The molecule has 0 saturated heterocycles. The van der Waals surface area contributed by atoms with E-state index in [0.29, 0.717) is 16.9 Å². The van der Waals surface area contributed by atoms with Crippen molar-refractivity contribution in [2.45, 2.75) is 19.9 Å². The molecule has 1 aromatic heterocycles. The standard InChI is InChI=1S/C23H22N4O3/c1-15-3-7-19(8-4-15)27-23(30)22(29)25-16(2)17-5-9-20(10-6-17)26-21(28)18-11-13-24-14-12-18/h3-14,16H,1-2H3,(H,25,29)(H,26,28)(H,27,30). The topological polar surface area (TPSA) is 100 Å². The Balaban J connectivity index is 1.55. The highest BCUT2D eigenvalue weighted by molar-refractivity contribution is 6.39. The fraction of sp³-hybridized carbons (Fsp3) is 0.130. The Labute approximate surface area is 174 Å². The number of aryl methyl sites for hydroxylation is 1. The van der Waals surface area contributed by atoms with E-state index in [1.807, 2.05) is 19.1 Å². The van der Waals surface area contributed by atoms with Crippen molar-refractivity contribution >= 4 is 29.1 Å². The molecule has 7 heteroatoms. The molecule has 1 heterocycles. The van der Waals surface area contributed by atoms with Crippen LogP contribution in [0.15, 0.2) is 73.1 Å². The molecule has 1 atom stereocenters. The average Bonchev–Trinajstić information content (AvgIpc) is 2.76. The van der Waals surface area contributed by atoms with Crippen LogP contribution in [0.2, 0.25) is 0 Å². The first-order valence-corrected chi connectivity index (χ1v) is 9.42. The number of nitrogens with one attached hydrogen (secondary N) is 3. The summed E-state index contributed by atoms with van der Waals surface area (Å²) in [7, 11) is 0. The van der Waals surface area contributed by atoms with Crippen LogP contribution in [0.5, 0.6) is 0 Å². The van der Waals surface area contributed by atoms with Crippen molar-refractivity contribution < 1.29 is 14.4 Å². The van der Waals surface area contributed by atoms with Gasteiger partial charge in [-0.1, -0.05) is 29.8 Å². The zero-order valence-corrected chi connectivity index (χ0v) is 16.7. The largest absolute Gasteiger partial charge is 0.341 e. The van der Waals surface area contributed by atoms with E-state index in [4.69, 9.17) is 0 Å². The predicted molar refractivity (Wildman–Crippen MR) is 115 cm³/mol. The second kappa shape index (κ2) is 9.47. The van der Waals surface area contributed by atoms with Gasteiger partial charge in [-0.05, 0) is 55.8 Å². The fourth-order valence-electron chi connectivity index (χ4n) is 2.73. The van der Waals surface area contributed by atoms with Gasteiger partial charge in [0.1, 0.15) is 0 Å². The molecule has 1 unspecified atom stereocenters. The van der Waals surface area contributed by atoms with Crippen molar-refractivity contribution in [2.75, 3.05) is 10.6 Å². The number of rotatable bonds is 5. The summed E-state index contributed by atoms with van der Waals surface area (Å²) in [5.41, 5.74) is 3.55. The lowest BCUT2D eigenvalue weighted by Gasteiger charge is -2.15. The SMILES string of the molecule is Cc1ccc(NC(=O)C(=O)NC(C)c2ccc(NC(=O)c3ccncc3)cc2)cc1. The number of nitrogens with zero attached hydrogens (tertiary/aromatic N) is 1. The lowest BCUT2D eigenvalue weighted by Crippen LogP contribution is -2.36. The van der Waals surface area contributed by atoms with E-state index in [0.717, 1.165) is 11.1 Å². The first-order chi connectivity index (χ1) is 14.4. The van der Waals surface area contributed by atoms with E-state index >= 15 is 0 Å². The second-order valence-electron chi connectivity index (χ2n) is 6.83. The zero-order chi connectivity index (χ0) is 21.5. The van der Waals surface area contributed by atoms with Crippen molar-refractivity contribution in [2.24, 2.45) is 0 Å². The van der Waals surface area contributed by atoms with E-state index in [2.05, 4.69) is 20.9 Å². The summed E-state index contributed by atoms with van der Waals surface area (Å²) >= 11 is 0. The monoisotopic (exact) mass is 402 g/mol. The van der Waals surface area contributed by atoms with E-state index in [-0.39, 0.29) is 11.9 Å². The van der Waals surface area contributed by atoms with Crippen LogP contribution in [-0.4, -0.2) is 22.7 Å². The smallest absolute Gasteiger partial charge is 0.313 e. The van der Waals surface area contributed by atoms with E-state index in [1.165, 1.54) is 0 Å². The predicted octanol–water partition coefficient (Wildman–Crippen LogP) is 3.46. The lowest BCUT2D eigenvalue weighted by atomic mass is 10.1. The number of aromatic nitrogens is 1. The Morgan fingerprint density at radius 2 is 1.33 bits per heavy atom. The van der Waals surface area contributed by atoms with Crippen molar-refractivity contribution in [1.82, 2.24) is 10.3 Å². The second-order valence-corrected chi connectivity index (χ2v) is 6.83. The van der Waals surface area contributed by atoms with Gasteiger partial charge >= 0.3 is 11.8 Å². The molecule has 0 aliphatic rings. The van der Waals surface area contributed by atoms with E-state index < -0.39 is 11.8 Å². The molecule has 152 valence electrons. The van der Waals surface area contributed by atoms with Gasteiger partial charge in [0.05, 0.1) is 6.04 Å². The van der Waals surface area contributed by atoms with Crippen molar-refractivity contribution in [3.05, 3.63) is 89.7 Å². The third kappa shape index (κ3) is 5.51. The summed E-state index contributed by atoms with van der Waals surface area (Å²) in [6, 6.07) is 17.1. The quantitative estimate of drug-likeness (QED) is 0.569. The number of hydrogen-bond donors (Lipinski definition) is 3. The molecule has 0 aliphatic carbocycles. The summed E-state index contributed by atoms with van der Waals surface area (Å²) in [5, 5.41) is 8.03. The Kier molecular flexibility index (Phi) is 6.54. The third-order valence-corrected chi connectivity index (χ3v) is 4.47. The van der Waals surface area contributed by atoms with Gasteiger partial charge in [-0.2, -0.15) is 0 Å². The molecule has 3 amide bonds. The highest BCUT2D eigenvalue weighted by Crippen LogP contribution is 2.17. The fourth-order valence-corrected chi connectivity index (χ4v) is 2.73. The van der Waals surface area contributed by atoms with Gasteiger partial charge in [-0.3, -0.25) is 19.4 Å². The first kappa shape index (κ1) is 20.7. The molecule has 0 aliphatic heterocycles. The highest BCUT2D eigenvalue weighted by Gasteiger charge is 2.17. The summed E-state index contributed by atoms with van der Waals surface area (Å²) in [6.07, 6.45) is 3.11. The van der Waals surface area contributed by atoms with Crippen LogP contribution in [0.3, 0.4) is 0 Å². The number of carbonyl (C=O) groups excluding carboxylic acids is 3. The minimum Gasteiger partial charge on any atom is -0.341 e. The molecular weight excluding hydrogens is 380 g/mol. The number of carbonyl (C=O) groups is 3. The van der Waals surface area contributed by atoms with Crippen LogP contribution < -0.4 is 16.0 Å². The maximum Gasteiger partial charge on any atom is 0.313 e. The van der Waals surface area contributed by atoms with Crippen molar-refractivity contribution in [1.29, 1.82) is 0 Å². The maximum atomic E-state index is 12.2. The van der Waals surface area contributed by atoms with Crippen LogP contribution in [0.4, 0.5) is 11.4 Å². The number of benzene rings is 2. The van der Waals surface area contributed by atoms with Crippen LogP contribution in [0.25, 0.3) is 0 Å². The minimum atomic E-state index is -0.730. The van der Waals surface area contributed by atoms with Crippen LogP contribution in [0, 0.1) is 6.92 Å². The van der Waals surface area contributed by atoms with E-state index in [9.17, 15) is 14.4 Å². The number of pyridine rings is 1. The Morgan fingerprint density at radius 3 is 1.97 bits per heavy atom. The molecule has 0 spiro atoms. The van der Waals surface area contributed by atoms with Crippen molar-refractivity contribution in [3.8, 4) is 0 Å². The molecule has 0 bridgehead atoms. The Bertz CT molecular complexity index is 1030. The molecule has 2 aromatic carbocycles. The Hall–Kier alpha value is -4.00. The van der Waals surface area contributed by atoms with Gasteiger partial charge in [0.25, 0.3) is 5.91 Å². The van der Waals surface area contributed by atoms with Crippen LogP contribution in [0.1, 0.15) is 34.5 Å². The molecule has 3 rings (SSSR count). The number of hydrogen-bond acceptors (Lipinski definition) is 4. The third-order valence-electron chi connectivity index (χ3n) is 4.47. The maximum absolute atomic E-state index is 12.2. The van der Waals surface area contributed by atoms with Gasteiger partial charge < -0.3 is 16.0 Å². The molecule has 0 saturated carbocycles.